The molecule has 1 amide bonds. The Labute approximate surface area is 160 Å². The number of carbonyl (C=O) groups excluding carboxylic acids is 1. The Hall–Kier alpha value is -3.26. The summed E-state index contributed by atoms with van der Waals surface area (Å²) in [5.74, 6) is -0.782. The van der Waals surface area contributed by atoms with Gasteiger partial charge in [0.05, 0.1) is 19.3 Å². The van der Waals surface area contributed by atoms with Crippen LogP contribution in [0.1, 0.15) is 22.2 Å². The van der Waals surface area contributed by atoms with E-state index in [1.165, 1.54) is 12.1 Å². The molecule has 0 saturated heterocycles. The van der Waals surface area contributed by atoms with E-state index in [-0.39, 0.29) is 18.6 Å². The number of rotatable bonds is 5. The zero-order valence-corrected chi connectivity index (χ0v) is 15.1. The monoisotopic (exact) mass is 384 g/mol. The highest BCUT2D eigenvalue weighted by Gasteiger charge is 2.27. The lowest BCUT2D eigenvalue weighted by molar-refractivity contribution is 0.0900. The van der Waals surface area contributed by atoms with Gasteiger partial charge in [-0.1, -0.05) is 18.2 Å². The lowest BCUT2D eigenvalue weighted by Crippen LogP contribution is -2.45. The maximum atomic E-state index is 13.9. The van der Waals surface area contributed by atoms with Gasteiger partial charge in [0.15, 0.2) is 0 Å². The molecule has 2 aromatic carbocycles. The summed E-state index contributed by atoms with van der Waals surface area (Å²) < 4.78 is 33.8. The van der Waals surface area contributed by atoms with Gasteiger partial charge in [-0.25, -0.2) is 13.5 Å². The maximum Gasteiger partial charge on any atom is 0.269 e. The van der Waals surface area contributed by atoms with Crippen LogP contribution in [0.2, 0.25) is 0 Å². The summed E-state index contributed by atoms with van der Waals surface area (Å²) in [5.41, 5.74) is 2.18. The summed E-state index contributed by atoms with van der Waals surface area (Å²) in [7, 11) is 1.58. The molecule has 0 bridgehead atoms. The van der Waals surface area contributed by atoms with E-state index in [0.717, 1.165) is 11.6 Å². The SMILES string of the molecule is COc1cccc(-c2cc3n(n2)[C@@H](NCc2ccc(F)cc2F)CNC3=O)c1. The number of halogens is 2. The summed E-state index contributed by atoms with van der Waals surface area (Å²) in [5, 5.41) is 10.5. The van der Waals surface area contributed by atoms with E-state index in [1.54, 1.807) is 17.9 Å². The molecule has 0 spiro atoms. The molecule has 144 valence electrons. The lowest BCUT2D eigenvalue weighted by Gasteiger charge is -2.26. The summed E-state index contributed by atoms with van der Waals surface area (Å²) in [4.78, 5) is 12.2. The molecular formula is C20H18F2N4O2. The molecule has 0 saturated carbocycles. The zero-order valence-electron chi connectivity index (χ0n) is 15.1. The highest BCUT2D eigenvalue weighted by atomic mass is 19.1. The van der Waals surface area contributed by atoms with E-state index in [1.807, 2.05) is 24.3 Å². The van der Waals surface area contributed by atoms with E-state index in [2.05, 4.69) is 15.7 Å². The van der Waals surface area contributed by atoms with Crippen molar-refractivity contribution in [2.24, 2.45) is 0 Å². The number of fused-ring (bicyclic) bond motifs is 1. The van der Waals surface area contributed by atoms with Crippen molar-refractivity contribution in [3.63, 3.8) is 0 Å². The Bertz CT molecular complexity index is 1030. The molecule has 4 rings (SSSR count). The van der Waals surface area contributed by atoms with Crippen LogP contribution in [0.15, 0.2) is 48.5 Å². The topological polar surface area (TPSA) is 68.2 Å². The fourth-order valence-corrected chi connectivity index (χ4v) is 3.14. The second kappa shape index (κ2) is 7.40. The van der Waals surface area contributed by atoms with Gasteiger partial charge in [-0.2, -0.15) is 5.10 Å². The molecule has 2 heterocycles. The Morgan fingerprint density at radius 3 is 2.89 bits per heavy atom. The first-order chi connectivity index (χ1) is 13.5. The molecule has 8 heteroatoms. The van der Waals surface area contributed by atoms with Gasteiger partial charge in [0.2, 0.25) is 0 Å². The number of nitrogens with one attached hydrogen (secondary N) is 2. The average molecular weight is 384 g/mol. The minimum absolute atomic E-state index is 0.167. The third-order valence-corrected chi connectivity index (χ3v) is 4.63. The molecule has 0 aliphatic carbocycles. The lowest BCUT2D eigenvalue weighted by atomic mass is 10.1. The molecule has 1 atom stereocenters. The van der Waals surface area contributed by atoms with E-state index in [0.29, 0.717) is 29.2 Å². The zero-order chi connectivity index (χ0) is 19.7. The van der Waals surface area contributed by atoms with E-state index in [9.17, 15) is 13.6 Å². The molecule has 0 fully saturated rings. The second-order valence-electron chi connectivity index (χ2n) is 6.43. The van der Waals surface area contributed by atoms with Gasteiger partial charge in [-0.3, -0.25) is 10.1 Å². The molecule has 3 aromatic rings. The van der Waals surface area contributed by atoms with Crippen molar-refractivity contribution in [3.05, 3.63) is 71.4 Å². The second-order valence-corrected chi connectivity index (χ2v) is 6.43. The van der Waals surface area contributed by atoms with E-state index < -0.39 is 11.6 Å². The average Bonchev–Trinajstić information content (AvgIpc) is 3.15. The van der Waals surface area contributed by atoms with Crippen LogP contribution in [0.4, 0.5) is 8.78 Å². The first-order valence-corrected chi connectivity index (χ1v) is 8.74. The van der Waals surface area contributed by atoms with Crippen LogP contribution in [0.5, 0.6) is 5.75 Å². The molecule has 1 aromatic heterocycles. The number of ether oxygens (including phenoxy) is 1. The third-order valence-electron chi connectivity index (χ3n) is 4.63. The van der Waals surface area contributed by atoms with Crippen LogP contribution in [0, 0.1) is 11.6 Å². The number of benzene rings is 2. The molecule has 0 radical (unpaired) electrons. The summed E-state index contributed by atoms with van der Waals surface area (Å²) in [6, 6.07) is 12.5. The van der Waals surface area contributed by atoms with Gasteiger partial charge >= 0.3 is 0 Å². The van der Waals surface area contributed by atoms with Gasteiger partial charge in [-0.05, 0) is 24.3 Å². The largest absolute Gasteiger partial charge is 0.497 e. The fourth-order valence-electron chi connectivity index (χ4n) is 3.14. The van der Waals surface area contributed by atoms with E-state index >= 15 is 0 Å². The van der Waals surface area contributed by atoms with Crippen LogP contribution in [0.25, 0.3) is 11.3 Å². The normalized spacial score (nSPS) is 15.8. The van der Waals surface area contributed by atoms with Gasteiger partial charge in [0.1, 0.15) is 29.2 Å². The third kappa shape index (κ3) is 3.46. The number of nitrogens with zero attached hydrogens (tertiary/aromatic N) is 2. The molecule has 6 nitrogen and oxygen atoms in total. The predicted molar refractivity (Wildman–Crippen MR) is 98.8 cm³/mol. The highest BCUT2D eigenvalue weighted by molar-refractivity contribution is 5.94. The Balaban J connectivity index is 1.60. The van der Waals surface area contributed by atoms with Crippen LogP contribution in [-0.4, -0.2) is 29.3 Å². The first-order valence-electron chi connectivity index (χ1n) is 8.74. The van der Waals surface area contributed by atoms with Crippen molar-refractivity contribution in [3.8, 4) is 17.0 Å². The quantitative estimate of drug-likeness (QED) is 0.710. The van der Waals surface area contributed by atoms with Gasteiger partial charge < -0.3 is 10.1 Å². The number of aromatic nitrogens is 2. The predicted octanol–water partition coefficient (Wildman–Crippen LogP) is 2.87. The standard InChI is InChI=1S/C20H18F2N4O2/c1-28-15-4-2-3-12(7-15)17-9-18-20(27)24-11-19(26(18)25-17)23-10-13-5-6-14(21)8-16(13)22/h2-9,19,23H,10-11H2,1H3,(H,24,27)/t19-/m1/s1. The fraction of sp³-hybridized carbons (Fsp3) is 0.200. The van der Waals surface area contributed by atoms with Gasteiger partial charge in [0.25, 0.3) is 5.91 Å². The van der Waals surface area contributed by atoms with Gasteiger partial charge in [0, 0.05) is 23.7 Å². The highest BCUT2D eigenvalue weighted by Crippen LogP contribution is 2.26. The number of methoxy groups -OCH3 is 1. The number of hydrogen-bond donors (Lipinski definition) is 2. The van der Waals surface area contributed by atoms with Crippen molar-refractivity contribution < 1.29 is 18.3 Å². The maximum absolute atomic E-state index is 13.9. The summed E-state index contributed by atoms with van der Waals surface area (Å²) >= 11 is 0. The number of carbonyl (C=O) groups is 1. The van der Waals surface area contributed by atoms with E-state index in [4.69, 9.17) is 4.74 Å². The van der Waals surface area contributed by atoms with Crippen molar-refractivity contribution >= 4 is 5.91 Å². The number of hydrogen-bond acceptors (Lipinski definition) is 4. The molecular weight excluding hydrogens is 366 g/mol. The number of amides is 1. The van der Waals surface area contributed by atoms with Gasteiger partial charge in [-0.15, -0.1) is 0 Å². The Morgan fingerprint density at radius 2 is 2.11 bits per heavy atom. The Kier molecular flexibility index (Phi) is 4.79. The van der Waals surface area contributed by atoms with Crippen molar-refractivity contribution in [2.45, 2.75) is 12.7 Å². The Morgan fingerprint density at radius 1 is 1.25 bits per heavy atom. The minimum Gasteiger partial charge on any atom is -0.497 e. The molecule has 28 heavy (non-hydrogen) atoms. The van der Waals surface area contributed by atoms with Crippen LogP contribution in [-0.2, 0) is 6.54 Å². The molecule has 0 unspecified atom stereocenters. The molecule has 1 aliphatic rings. The van der Waals surface area contributed by atoms with Crippen LogP contribution >= 0.6 is 0 Å². The minimum atomic E-state index is -0.622. The smallest absolute Gasteiger partial charge is 0.269 e. The molecule has 2 N–H and O–H groups in total. The summed E-state index contributed by atoms with van der Waals surface area (Å²) in [6.07, 6.45) is -0.364. The molecule has 1 aliphatic heterocycles. The summed E-state index contributed by atoms with van der Waals surface area (Å²) in [6.45, 7) is 0.467. The first kappa shape index (κ1) is 18.1. The van der Waals surface area contributed by atoms with Crippen LogP contribution < -0.4 is 15.4 Å². The van der Waals surface area contributed by atoms with Crippen molar-refractivity contribution in [1.82, 2.24) is 20.4 Å². The van der Waals surface area contributed by atoms with Crippen LogP contribution in [0.3, 0.4) is 0 Å². The van der Waals surface area contributed by atoms with Crippen molar-refractivity contribution in [2.75, 3.05) is 13.7 Å². The van der Waals surface area contributed by atoms with Crippen molar-refractivity contribution in [1.29, 1.82) is 0 Å².